The van der Waals surface area contributed by atoms with Gasteiger partial charge >= 0.3 is 6.03 Å². The van der Waals surface area contributed by atoms with Gasteiger partial charge in [-0.05, 0) is 43.2 Å². The first-order valence-corrected chi connectivity index (χ1v) is 9.50. The van der Waals surface area contributed by atoms with Crippen LogP contribution < -0.4 is 5.32 Å². The Bertz CT molecular complexity index is 572. The number of likely N-dealkylation sites (tertiary alicyclic amines) is 2. The monoisotopic (exact) mass is 344 g/mol. The van der Waals surface area contributed by atoms with Crippen LogP contribution in [0.4, 0.5) is 4.79 Å². The SMILES string of the molecule is O=C(NC[C@H]1CCC2(CN(Cc3cccnc3)C2)OC1)N1CCCC1. The molecule has 1 aromatic rings. The highest BCUT2D eigenvalue weighted by Gasteiger charge is 2.46. The maximum atomic E-state index is 12.1. The number of hydrogen-bond acceptors (Lipinski definition) is 4. The Balaban J connectivity index is 1.16. The molecule has 4 rings (SSSR count). The van der Waals surface area contributed by atoms with Gasteiger partial charge in [0.1, 0.15) is 0 Å². The van der Waals surface area contributed by atoms with Crippen molar-refractivity contribution in [2.75, 3.05) is 39.3 Å². The van der Waals surface area contributed by atoms with E-state index in [1.54, 1.807) is 0 Å². The van der Waals surface area contributed by atoms with E-state index in [0.29, 0.717) is 5.92 Å². The molecule has 0 bridgehead atoms. The van der Waals surface area contributed by atoms with Gasteiger partial charge in [-0.1, -0.05) is 6.07 Å². The Hall–Kier alpha value is -1.66. The molecule has 3 aliphatic rings. The van der Waals surface area contributed by atoms with E-state index in [-0.39, 0.29) is 11.6 Å². The number of pyridine rings is 1. The number of carbonyl (C=O) groups is 1. The molecule has 6 nitrogen and oxygen atoms in total. The van der Waals surface area contributed by atoms with Crippen LogP contribution in [0.2, 0.25) is 0 Å². The Morgan fingerprint density at radius 2 is 2.20 bits per heavy atom. The molecular weight excluding hydrogens is 316 g/mol. The number of urea groups is 1. The fraction of sp³-hybridized carbons (Fsp3) is 0.684. The van der Waals surface area contributed by atoms with E-state index in [4.69, 9.17) is 4.74 Å². The first-order chi connectivity index (χ1) is 12.2. The van der Waals surface area contributed by atoms with E-state index in [0.717, 1.165) is 71.6 Å². The Morgan fingerprint density at radius 1 is 1.36 bits per heavy atom. The zero-order valence-electron chi connectivity index (χ0n) is 14.8. The molecule has 25 heavy (non-hydrogen) atoms. The van der Waals surface area contributed by atoms with E-state index in [2.05, 4.69) is 21.3 Å². The maximum Gasteiger partial charge on any atom is 0.317 e. The first-order valence-electron chi connectivity index (χ1n) is 9.50. The van der Waals surface area contributed by atoms with Crippen molar-refractivity contribution in [1.29, 1.82) is 0 Å². The predicted octanol–water partition coefficient (Wildman–Crippen LogP) is 1.87. The zero-order chi connectivity index (χ0) is 17.1. The van der Waals surface area contributed by atoms with E-state index < -0.39 is 0 Å². The molecule has 3 aliphatic heterocycles. The van der Waals surface area contributed by atoms with Gasteiger partial charge in [0.05, 0.1) is 12.2 Å². The summed E-state index contributed by atoms with van der Waals surface area (Å²) in [6.07, 6.45) is 8.26. The molecule has 2 amide bonds. The molecule has 0 unspecified atom stereocenters. The molecule has 0 aliphatic carbocycles. The van der Waals surface area contributed by atoms with Crippen molar-refractivity contribution in [3.05, 3.63) is 30.1 Å². The number of aromatic nitrogens is 1. The molecule has 0 aromatic carbocycles. The lowest BCUT2D eigenvalue weighted by Gasteiger charge is -2.53. The van der Waals surface area contributed by atoms with Crippen molar-refractivity contribution in [3.8, 4) is 0 Å². The highest BCUT2D eigenvalue weighted by atomic mass is 16.5. The summed E-state index contributed by atoms with van der Waals surface area (Å²) in [4.78, 5) is 20.6. The van der Waals surface area contributed by atoms with Gasteiger partial charge in [-0.15, -0.1) is 0 Å². The summed E-state index contributed by atoms with van der Waals surface area (Å²) < 4.78 is 6.22. The van der Waals surface area contributed by atoms with Crippen molar-refractivity contribution >= 4 is 6.03 Å². The molecule has 3 saturated heterocycles. The molecule has 0 radical (unpaired) electrons. The van der Waals surface area contributed by atoms with E-state index in [1.165, 1.54) is 5.56 Å². The van der Waals surface area contributed by atoms with Crippen molar-refractivity contribution in [1.82, 2.24) is 20.1 Å². The Labute approximate surface area is 149 Å². The number of nitrogens with zero attached hydrogens (tertiary/aromatic N) is 3. The number of carbonyl (C=O) groups excluding carboxylic acids is 1. The van der Waals surface area contributed by atoms with Gasteiger partial charge in [0, 0.05) is 51.7 Å². The van der Waals surface area contributed by atoms with Crippen LogP contribution in [0.5, 0.6) is 0 Å². The van der Waals surface area contributed by atoms with E-state index in [1.807, 2.05) is 23.4 Å². The van der Waals surface area contributed by atoms with Crippen molar-refractivity contribution in [2.24, 2.45) is 5.92 Å². The lowest BCUT2D eigenvalue weighted by molar-refractivity contribution is -0.181. The predicted molar refractivity (Wildman–Crippen MR) is 95.1 cm³/mol. The van der Waals surface area contributed by atoms with Crippen LogP contribution in [0.15, 0.2) is 24.5 Å². The van der Waals surface area contributed by atoms with Gasteiger partial charge in [0.25, 0.3) is 0 Å². The highest BCUT2D eigenvalue weighted by Crippen LogP contribution is 2.36. The second-order valence-corrected chi connectivity index (χ2v) is 7.79. The van der Waals surface area contributed by atoms with Crippen LogP contribution in [-0.2, 0) is 11.3 Å². The summed E-state index contributed by atoms with van der Waals surface area (Å²) in [5.74, 6) is 0.449. The summed E-state index contributed by atoms with van der Waals surface area (Å²) in [5, 5.41) is 3.09. The first kappa shape index (κ1) is 16.8. The number of hydrogen-bond donors (Lipinski definition) is 1. The number of nitrogens with one attached hydrogen (secondary N) is 1. The standard InChI is InChI=1S/C19H28N4O2/c24-18(23-8-1-2-9-23)21-11-17-5-6-19(25-13-17)14-22(15-19)12-16-4-3-7-20-10-16/h3-4,7,10,17H,1-2,5-6,8-9,11-15H2,(H,21,24)/t17-/m1/s1. The fourth-order valence-electron chi connectivity index (χ4n) is 4.22. The average molecular weight is 344 g/mol. The van der Waals surface area contributed by atoms with Crippen LogP contribution >= 0.6 is 0 Å². The van der Waals surface area contributed by atoms with Crippen LogP contribution in [0.25, 0.3) is 0 Å². The summed E-state index contributed by atoms with van der Waals surface area (Å²) in [6, 6.07) is 4.21. The molecule has 1 spiro atoms. The summed E-state index contributed by atoms with van der Waals surface area (Å²) in [7, 11) is 0. The second kappa shape index (κ2) is 7.30. The summed E-state index contributed by atoms with van der Waals surface area (Å²) in [6.45, 7) is 6.29. The van der Waals surface area contributed by atoms with Crippen molar-refractivity contribution < 1.29 is 9.53 Å². The highest BCUT2D eigenvalue weighted by molar-refractivity contribution is 5.74. The summed E-state index contributed by atoms with van der Waals surface area (Å²) in [5.41, 5.74) is 1.31. The lowest BCUT2D eigenvalue weighted by Crippen LogP contribution is -2.64. The van der Waals surface area contributed by atoms with Gasteiger partial charge in [-0.25, -0.2) is 4.79 Å². The Morgan fingerprint density at radius 3 is 2.88 bits per heavy atom. The normalized spacial score (nSPS) is 25.8. The van der Waals surface area contributed by atoms with Crippen LogP contribution in [0, 0.1) is 5.92 Å². The minimum atomic E-state index is 0.0532. The largest absolute Gasteiger partial charge is 0.372 e. The molecule has 1 aromatic heterocycles. The third kappa shape index (κ3) is 3.96. The minimum absolute atomic E-state index is 0.0532. The summed E-state index contributed by atoms with van der Waals surface area (Å²) >= 11 is 0. The molecule has 1 atom stereocenters. The van der Waals surface area contributed by atoms with Gasteiger partial charge in [0.2, 0.25) is 0 Å². The van der Waals surface area contributed by atoms with Crippen LogP contribution in [0.3, 0.4) is 0 Å². The molecule has 4 heterocycles. The van der Waals surface area contributed by atoms with E-state index in [9.17, 15) is 4.79 Å². The van der Waals surface area contributed by atoms with Gasteiger partial charge in [-0.3, -0.25) is 9.88 Å². The van der Waals surface area contributed by atoms with Crippen molar-refractivity contribution in [2.45, 2.75) is 37.8 Å². The molecule has 0 saturated carbocycles. The van der Waals surface area contributed by atoms with Gasteiger partial charge in [0.15, 0.2) is 0 Å². The third-order valence-electron chi connectivity index (χ3n) is 5.72. The molecule has 1 N–H and O–H groups in total. The van der Waals surface area contributed by atoms with E-state index >= 15 is 0 Å². The smallest absolute Gasteiger partial charge is 0.317 e. The zero-order valence-corrected chi connectivity index (χ0v) is 14.8. The quantitative estimate of drug-likeness (QED) is 0.906. The number of rotatable bonds is 4. The lowest BCUT2D eigenvalue weighted by atomic mass is 9.82. The second-order valence-electron chi connectivity index (χ2n) is 7.79. The van der Waals surface area contributed by atoms with Gasteiger partial charge in [-0.2, -0.15) is 0 Å². The Kier molecular flexibility index (Phi) is 4.90. The number of ether oxygens (including phenoxy) is 1. The van der Waals surface area contributed by atoms with Crippen molar-refractivity contribution in [3.63, 3.8) is 0 Å². The maximum absolute atomic E-state index is 12.1. The molecule has 6 heteroatoms. The average Bonchev–Trinajstić information content (AvgIpc) is 3.15. The van der Waals surface area contributed by atoms with Crippen LogP contribution in [0.1, 0.15) is 31.2 Å². The molecular formula is C19H28N4O2. The topological polar surface area (TPSA) is 57.7 Å². The molecule has 3 fully saturated rings. The minimum Gasteiger partial charge on any atom is -0.372 e. The third-order valence-corrected chi connectivity index (χ3v) is 5.72. The fourth-order valence-corrected chi connectivity index (χ4v) is 4.22. The van der Waals surface area contributed by atoms with Gasteiger partial charge < -0.3 is 15.0 Å². The number of amides is 2. The van der Waals surface area contributed by atoms with Crippen LogP contribution in [-0.4, -0.2) is 65.7 Å². The molecule has 136 valence electrons.